The summed E-state index contributed by atoms with van der Waals surface area (Å²) < 4.78 is 50.1. The molecule has 0 amide bonds. The molecule has 3 aromatic rings. The topological polar surface area (TPSA) is 99.0 Å². The summed E-state index contributed by atoms with van der Waals surface area (Å²) >= 11 is 6.31. The predicted octanol–water partition coefficient (Wildman–Crippen LogP) is 3.91. The number of hydrogen-bond acceptors (Lipinski definition) is 6. The molecule has 1 aromatic carbocycles. The van der Waals surface area contributed by atoms with Crippen molar-refractivity contribution in [3.63, 3.8) is 0 Å². The van der Waals surface area contributed by atoms with Crippen LogP contribution in [0.25, 0.3) is 0 Å². The molecule has 1 fully saturated rings. The summed E-state index contributed by atoms with van der Waals surface area (Å²) in [5.74, 6) is -0.747. The third kappa shape index (κ3) is 4.64. The van der Waals surface area contributed by atoms with E-state index < -0.39 is 20.7 Å². The zero-order valence-electron chi connectivity index (χ0n) is 16.7. The normalized spacial score (nSPS) is 19.2. The van der Waals surface area contributed by atoms with E-state index in [9.17, 15) is 12.8 Å². The number of nitrogens with one attached hydrogen (secondary N) is 1. The van der Waals surface area contributed by atoms with Crippen molar-refractivity contribution in [2.45, 2.75) is 42.6 Å². The van der Waals surface area contributed by atoms with Gasteiger partial charge in [0.1, 0.15) is 34.7 Å². The number of nitrogens with zero attached hydrogens (tertiary/aromatic N) is 4. The first-order chi connectivity index (χ1) is 14.8. The van der Waals surface area contributed by atoms with Gasteiger partial charge in [-0.3, -0.25) is 9.40 Å². The highest BCUT2D eigenvalue weighted by Gasteiger charge is 2.31. The lowest BCUT2D eigenvalue weighted by Crippen LogP contribution is -2.30. The van der Waals surface area contributed by atoms with Crippen LogP contribution in [0.3, 0.4) is 0 Å². The van der Waals surface area contributed by atoms with Gasteiger partial charge in [-0.25, -0.2) is 22.8 Å². The van der Waals surface area contributed by atoms with Gasteiger partial charge < -0.3 is 4.74 Å². The van der Waals surface area contributed by atoms with Gasteiger partial charge in [0.15, 0.2) is 0 Å². The molecule has 31 heavy (non-hydrogen) atoms. The first-order valence-electron chi connectivity index (χ1n) is 9.77. The molecule has 1 saturated carbocycles. The molecule has 0 aliphatic heterocycles. The minimum Gasteiger partial charge on any atom is -0.488 e. The van der Waals surface area contributed by atoms with Crippen molar-refractivity contribution in [3.05, 3.63) is 59.5 Å². The summed E-state index contributed by atoms with van der Waals surface area (Å²) in [4.78, 5) is 6.91. The number of anilines is 1. The molecule has 164 valence electrons. The fourth-order valence-corrected chi connectivity index (χ4v) is 5.21. The van der Waals surface area contributed by atoms with Crippen LogP contribution in [0.1, 0.15) is 37.3 Å². The molecular weight excluding hydrogens is 446 g/mol. The number of benzene rings is 1. The summed E-state index contributed by atoms with van der Waals surface area (Å²) in [5.41, 5.74) is 1.04. The highest BCUT2D eigenvalue weighted by atomic mass is 35.5. The first kappa shape index (κ1) is 21.5. The van der Waals surface area contributed by atoms with E-state index >= 15 is 0 Å². The monoisotopic (exact) mass is 466 g/mol. The molecule has 0 saturated heterocycles. The highest BCUT2D eigenvalue weighted by molar-refractivity contribution is 7.92. The van der Waals surface area contributed by atoms with Crippen LogP contribution in [-0.4, -0.2) is 34.3 Å². The van der Waals surface area contributed by atoms with E-state index in [4.69, 9.17) is 16.3 Å². The second kappa shape index (κ2) is 8.80. The molecule has 11 heteroatoms. The van der Waals surface area contributed by atoms with Gasteiger partial charge in [0.2, 0.25) is 0 Å². The van der Waals surface area contributed by atoms with Crippen LogP contribution in [0.5, 0.6) is 5.75 Å². The summed E-state index contributed by atoms with van der Waals surface area (Å²) in [6.45, 7) is 0. The molecule has 2 atom stereocenters. The van der Waals surface area contributed by atoms with Gasteiger partial charge in [0.05, 0.1) is 5.02 Å². The summed E-state index contributed by atoms with van der Waals surface area (Å²) in [6.07, 6.45) is 7.80. The van der Waals surface area contributed by atoms with Crippen molar-refractivity contribution in [3.8, 4) is 5.75 Å². The summed E-state index contributed by atoms with van der Waals surface area (Å²) in [7, 11) is -2.36. The van der Waals surface area contributed by atoms with Crippen LogP contribution >= 0.6 is 11.6 Å². The number of sulfonamides is 1. The van der Waals surface area contributed by atoms with Gasteiger partial charge in [-0.05, 0) is 37.5 Å². The van der Waals surface area contributed by atoms with Gasteiger partial charge in [0.25, 0.3) is 10.0 Å². The Labute approximate surface area is 184 Å². The van der Waals surface area contributed by atoms with E-state index in [1.807, 2.05) is 17.8 Å². The SMILES string of the molecule is [13CH3]n1nccc1[C@H]1CCCC[C@@H]1Oc1cc(F)c(S(=O)(=O)Nc2ccncn2)cc1Cl. The maximum absolute atomic E-state index is 14.8. The minimum atomic E-state index is -4.24. The number of aromatic nitrogens is 4. The molecule has 2 aromatic heterocycles. The second-order valence-corrected chi connectivity index (χ2v) is 9.40. The number of hydrogen-bond donors (Lipinski definition) is 1. The van der Waals surface area contributed by atoms with Crippen molar-refractivity contribution in [1.29, 1.82) is 0 Å². The van der Waals surface area contributed by atoms with Crippen LogP contribution < -0.4 is 9.46 Å². The number of aryl methyl sites for hydroxylation is 1. The van der Waals surface area contributed by atoms with Crippen molar-refractivity contribution in [2.75, 3.05) is 4.72 Å². The smallest absolute Gasteiger partial charge is 0.266 e. The number of ether oxygens (including phenoxy) is 1. The van der Waals surface area contributed by atoms with Gasteiger partial charge in [0, 0.05) is 37.1 Å². The van der Waals surface area contributed by atoms with Crippen LogP contribution in [0.2, 0.25) is 5.02 Å². The van der Waals surface area contributed by atoms with Crippen molar-refractivity contribution >= 4 is 27.4 Å². The summed E-state index contributed by atoms with van der Waals surface area (Å²) in [6, 6.07) is 5.38. The standard InChI is InChI=1S/C20H21ClFN5O3S/c1-27-16(6-9-25-27)13-4-2-3-5-17(13)30-18-11-15(22)19(10-14(18)21)31(28,29)26-20-7-8-23-12-24-20/h6-13,17H,2-5H2,1H3,(H,23,24,26)/t13-,17+/m1/s1/i1+1. The Kier molecular flexibility index (Phi) is 6.10. The fraction of sp³-hybridized carbons (Fsp3) is 0.350. The molecular formula is C20H21ClFN5O3S. The zero-order chi connectivity index (χ0) is 22.0. The molecule has 2 heterocycles. The summed E-state index contributed by atoms with van der Waals surface area (Å²) in [5, 5.41) is 4.24. The van der Waals surface area contributed by atoms with E-state index in [0.29, 0.717) is 0 Å². The average molecular weight is 467 g/mol. The van der Waals surface area contributed by atoms with Crippen LogP contribution in [0.4, 0.5) is 10.2 Å². The van der Waals surface area contributed by atoms with Crippen molar-refractivity contribution < 1.29 is 17.5 Å². The predicted molar refractivity (Wildman–Crippen MR) is 113 cm³/mol. The van der Waals surface area contributed by atoms with Crippen molar-refractivity contribution in [1.82, 2.24) is 19.7 Å². The zero-order valence-corrected chi connectivity index (χ0v) is 18.3. The Morgan fingerprint density at radius 1 is 1.23 bits per heavy atom. The molecule has 0 bridgehead atoms. The third-order valence-corrected chi connectivity index (χ3v) is 6.98. The lowest BCUT2D eigenvalue weighted by molar-refractivity contribution is 0.126. The number of halogens is 2. The molecule has 1 aliphatic carbocycles. The van der Waals surface area contributed by atoms with Gasteiger partial charge in [-0.15, -0.1) is 0 Å². The first-order valence-corrected chi connectivity index (χ1v) is 11.6. The Morgan fingerprint density at radius 3 is 2.74 bits per heavy atom. The molecule has 4 rings (SSSR count). The van der Waals surface area contributed by atoms with E-state index in [0.717, 1.165) is 43.5 Å². The van der Waals surface area contributed by atoms with Crippen LogP contribution in [0.15, 0.2) is 47.9 Å². The maximum Gasteiger partial charge on any atom is 0.266 e. The second-order valence-electron chi connectivity index (χ2n) is 7.34. The van der Waals surface area contributed by atoms with Gasteiger partial charge >= 0.3 is 0 Å². The van der Waals surface area contributed by atoms with E-state index in [-0.39, 0.29) is 28.6 Å². The molecule has 0 unspecified atom stereocenters. The maximum atomic E-state index is 14.8. The van der Waals surface area contributed by atoms with Crippen LogP contribution in [0, 0.1) is 5.82 Å². The Morgan fingerprint density at radius 2 is 2.03 bits per heavy atom. The quantitative estimate of drug-likeness (QED) is 0.553. The van der Waals surface area contributed by atoms with E-state index in [2.05, 4.69) is 19.8 Å². The highest BCUT2D eigenvalue weighted by Crippen LogP contribution is 2.38. The molecule has 1 aliphatic rings. The van der Waals surface area contributed by atoms with E-state index in [1.54, 1.807) is 6.20 Å². The van der Waals surface area contributed by atoms with Crippen LogP contribution in [-0.2, 0) is 17.1 Å². The molecule has 1 N–H and O–H groups in total. The fourth-order valence-electron chi connectivity index (χ4n) is 3.84. The molecule has 8 nitrogen and oxygen atoms in total. The van der Waals surface area contributed by atoms with Gasteiger partial charge in [-0.1, -0.05) is 18.0 Å². The third-order valence-electron chi connectivity index (χ3n) is 5.32. The molecule has 0 spiro atoms. The molecule has 0 radical (unpaired) electrons. The van der Waals surface area contributed by atoms with Crippen molar-refractivity contribution in [2.24, 2.45) is 7.05 Å². The van der Waals surface area contributed by atoms with E-state index in [1.165, 1.54) is 18.6 Å². The Balaban J connectivity index is 1.59. The Hall–Kier alpha value is -2.72. The van der Waals surface area contributed by atoms with Gasteiger partial charge in [-0.2, -0.15) is 5.10 Å². The average Bonchev–Trinajstić information content (AvgIpc) is 3.17. The largest absolute Gasteiger partial charge is 0.488 e. The number of rotatable bonds is 6. The Bertz CT molecular complexity index is 1170. The lowest BCUT2D eigenvalue weighted by Gasteiger charge is -2.32. The lowest BCUT2D eigenvalue weighted by atomic mass is 9.84. The minimum absolute atomic E-state index is 0.0128.